The van der Waals surface area contributed by atoms with Crippen LogP contribution in [0.4, 0.5) is 0 Å². The van der Waals surface area contributed by atoms with Gasteiger partial charge in [-0.05, 0) is 30.2 Å². The number of hydrogen-bond acceptors (Lipinski definition) is 2. The molecule has 0 aliphatic carbocycles. The molecule has 4 nitrogen and oxygen atoms in total. The highest BCUT2D eigenvalue weighted by Gasteiger charge is 2.17. The molecule has 0 unspecified atom stereocenters. The molecule has 0 bridgehead atoms. The summed E-state index contributed by atoms with van der Waals surface area (Å²) in [6.45, 7) is 2.56. The standard InChI is InChI=1S/C23H23NO3S/c1-19-11-13-20(14-12-19)18-22(21-8-3-2-4-9-21)23-10-5-6-15-24(23)16-7-17-28(25,26)27/h2-6,8-15,18H,7,16-17H2,1H3/p+1/b22-18+. The van der Waals surface area contributed by atoms with E-state index in [1.54, 1.807) is 0 Å². The van der Waals surface area contributed by atoms with Crippen LogP contribution in [0.5, 0.6) is 0 Å². The van der Waals surface area contributed by atoms with Crippen LogP contribution in [-0.4, -0.2) is 18.7 Å². The van der Waals surface area contributed by atoms with Crippen molar-refractivity contribution in [3.63, 3.8) is 0 Å². The predicted molar refractivity (Wildman–Crippen MR) is 112 cm³/mol. The lowest BCUT2D eigenvalue weighted by molar-refractivity contribution is -0.698. The van der Waals surface area contributed by atoms with E-state index in [1.807, 2.05) is 47.2 Å². The normalized spacial score (nSPS) is 12.1. The predicted octanol–water partition coefficient (Wildman–Crippen LogP) is 4.15. The van der Waals surface area contributed by atoms with Crippen LogP contribution in [0.25, 0.3) is 11.6 Å². The molecule has 0 atom stereocenters. The van der Waals surface area contributed by atoms with Gasteiger partial charge in [-0.3, -0.25) is 4.55 Å². The van der Waals surface area contributed by atoms with E-state index in [0.717, 1.165) is 22.4 Å². The number of aryl methyl sites for hydroxylation is 2. The fourth-order valence-corrected chi connectivity index (χ4v) is 3.58. The molecule has 28 heavy (non-hydrogen) atoms. The third kappa shape index (κ3) is 5.62. The first kappa shape index (κ1) is 20.0. The highest BCUT2D eigenvalue weighted by Crippen LogP contribution is 2.24. The highest BCUT2D eigenvalue weighted by atomic mass is 32.2. The zero-order valence-electron chi connectivity index (χ0n) is 15.8. The topological polar surface area (TPSA) is 58.2 Å². The van der Waals surface area contributed by atoms with E-state index >= 15 is 0 Å². The molecular weight excluding hydrogens is 370 g/mol. The van der Waals surface area contributed by atoms with Crippen LogP contribution >= 0.6 is 0 Å². The Morgan fingerprint density at radius 3 is 2.32 bits per heavy atom. The summed E-state index contributed by atoms with van der Waals surface area (Å²) in [4.78, 5) is 0. The van der Waals surface area contributed by atoms with Gasteiger partial charge >= 0.3 is 0 Å². The van der Waals surface area contributed by atoms with Crippen molar-refractivity contribution in [2.45, 2.75) is 19.9 Å². The molecule has 1 heterocycles. The average Bonchev–Trinajstić information content (AvgIpc) is 2.68. The quantitative estimate of drug-likeness (QED) is 0.372. The number of benzene rings is 2. The maximum absolute atomic E-state index is 11.1. The molecule has 5 heteroatoms. The Kier molecular flexibility index (Phi) is 6.39. The Labute approximate surface area is 166 Å². The summed E-state index contributed by atoms with van der Waals surface area (Å²) < 4.78 is 33.2. The number of rotatable bonds is 7. The lowest BCUT2D eigenvalue weighted by Crippen LogP contribution is -2.38. The number of aromatic nitrogens is 1. The van der Waals surface area contributed by atoms with Gasteiger partial charge in [-0.15, -0.1) is 0 Å². The van der Waals surface area contributed by atoms with E-state index in [2.05, 4.69) is 49.4 Å². The van der Waals surface area contributed by atoms with Crippen LogP contribution in [0.1, 0.15) is 28.8 Å². The van der Waals surface area contributed by atoms with Gasteiger partial charge in [-0.2, -0.15) is 13.0 Å². The molecule has 0 aliphatic heterocycles. The van der Waals surface area contributed by atoms with Crippen LogP contribution in [0.15, 0.2) is 79.0 Å². The van der Waals surface area contributed by atoms with Crippen molar-refractivity contribution < 1.29 is 17.5 Å². The van der Waals surface area contributed by atoms with Crippen molar-refractivity contribution in [1.29, 1.82) is 0 Å². The van der Waals surface area contributed by atoms with Gasteiger partial charge in [0.1, 0.15) is 6.54 Å². The molecule has 1 N–H and O–H groups in total. The van der Waals surface area contributed by atoms with Crippen LogP contribution in [0.3, 0.4) is 0 Å². The molecule has 0 saturated heterocycles. The van der Waals surface area contributed by atoms with Gasteiger partial charge in [0.2, 0.25) is 5.69 Å². The largest absolute Gasteiger partial charge is 0.286 e. The van der Waals surface area contributed by atoms with Gasteiger partial charge in [0, 0.05) is 18.6 Å². The fraction of sp³-hybridized carbons (Fsp3) is 0.174. The monoisotopic (exact) mass is 394 g/mol. The molecule has 0 aliphatic rings. The second-order valence-electron chi connectivity index (χ2n) is 6.75. The second-order valence-corrected chi connectivity index (χ2v) is 8.33. The second kappa shape index (κ2) is 8.95. The van der Waals surface area contributed by atoms with Crippen LogP contribution in [-0.2, 0) is 16.7 Å². The van der Waals surface area contributed by atoms with Crippen LogP contribution in [0, 0.1) is 6.92 Å². The first-order valence-electron chi connectivity index (χ1n) is 9.20. The maximum atomic E-state index is 11.1. The third-order valence-corrected chi connectivity index (χ3v) is 5.30. The Balaban J connectivity index is 2.03. The zero-order valence-corrected chi connectivity index (χ0v) is 16.6. The molecule has 0 spiro atoms. The lowest BCUT2D eigenvalue weighted by atomic mass is 9.98. The Morgan fingerprint density at radius 1 is 0.964 bits per heavy atom. The molecule has 3 aromatic rings. The average molecular weight is 395 g/mol. The van der Waals surface area contributed by atoms with Gasteiger partial charge in [-0.25, -0.2) is 0 Å². The fourth-order valence-electron chi connectivity index (χ4n) is 3.09. The van der Waals surface area contributed by atoms with Gasteiger partial charge < -0.3 is 0 Å². The smallest absolute Gasteiger partial charge is 0.265 e. The van der Waals surface area contributed by atoms with E-state index in [4.69, 9.17) is 4.55 Å². The molecule has 1 aromatic heterocycles. The van der Waals surface area contributed by atoms with Crippen LogP contribution in [0.2, 0.25) is 0 Å². The number of pyridine rings is 1. The summed E-state index contributed by atoms with van der Waals surface area (Å²) >= 11 is 0. The minimum absolute atomic E-state index is 0.253. The number of nitrogens with zero attached hydrogens (tertiary/aromatic N) is 1. The van der Waals surface area contributed by atoms with E-state index in [1.165, 1.54) is 5.56 Å². The summed E-state index contributed by atoms with van der Waals surface area (Å²) in [5.74, 6) is -0.253. The minimum atomic E-state index is -3.96. The van der Waals surface area contributed by atoms with Gasteiger partial charge in [-0.1, -0.05) is 60.2 Å². The summed E-state index contributed by atoms with van der Waals surface area (Å²) in [7, 11) is -3.96. The highest BCUT2D eigenvalue weighted by molar-refractivity contribution is 7.85. The molecule has 0 fully saturated rings. The Hall–Kier alpha value is -2.76. The first-order valence-corrected chi connectivity index (χ1v) is 10.8. The van der Waals surface area contributed by atoms with Gasteiger partial charge in [0.05, 0.1) is 11.3 Å². The number of hydrogen-bond donors (Lipinski definition) is 1. The molecule has 0 amide bonds. The van der Waals surface area contributed by atoms with Crippen molar-refractivity contribution in [1.82, 2.24) is 0 Å². The maximum Gasteiger partial charge on any atom is 0.265 e. The lowest BCUT2D eigenvalue weighted by Gasteiger charge is -2.09. The van der Waals surface area contributed by atoms with Crippen molar-refractivity contribution in [2.24, 2.45) is 0 Å². The molecule has 3 rings (SSSR count). The zero-order chi connectivity index (χ0) is 20.0. The molecule has 144 valence electrons. The van der Waals surface area contributed by atoms with Crippen molar-refractivity contribution in [3.8, 4) is 0 Å². The van der Waals surface area contributed by atoms with Gasteiger partial charge in [0.15, 0.2) is 6.20 Å². The summed E-state index contributed by atoms with van der Waals surface area (Å²) in [6, 6.07) is 24.4. The summed E-state index contributed by atoms with van der Waals surface area (Å²) in [5, 5.41) is 0. The van der Waals surface area contributed by atoms with E-state index in [-0.39, 0.29) is 5.75 Å². The first-order chi connectivity index (χ1) is 13.4. The molecular formula is C23H24NO3S+. The molecule has 0 radical (unpaired) electrons. The van der Waals surface area contributed by atoms with Gasteiger partial charge in [0.25, 0.3) is 10.1 Å². The van der Waals surface area contributed by atoms with E-state index < -0.39 is 10.1 Å². The van der Waals surface area contributed by atoms with E-state index in [9.17, 15) is 8.42 Å². The molecule has 0 saturated carbocycles. The Morgan fingerprint density at radius 2 is 1.64 bits per heavy atom. The third-order valence-electron chi connectivity index (χ3n) is 4.49. The van der Waals surface area contributed by atoms with Crippen molar-refractivity contribution in [3.05, 3.63) is 101 Å². The molecule has 2 aromatic carbocycles. The summed E-state index contributed by atoms with van der Waals surface area (Å²) in [6.07, 6.45) is 4.42. The van der Waals surface area contributed by atoms with E-state index in [0.29, 0.717) is 13.0 Å². The minimum Gasteiger partial charge on any atom is -0.286 e. The summed E-state index contributed by atoms with van der Waals surface area (Å²) in [5.41, 5.74) is 5.43. The SMILES string of the molecule is Cc1ccc(/C=C(\c2ccccc2)c2cccc[n+]2CCCS(=O)(=O)O)cc1. The van der Waals surface area contributed by atoms with Crippen molar-refractivity contribution in [2.75, 3.05) is 5.75 Å². The van der Waals surface area contributed by atoms with Crippen LogP contribution < -0.4 is 4.57 Å². The van der Waals surface area contributed by atoms with Crippen molar-refractivity contribution >= 4 is 21.8 Å². The Bertz CT molecular complexity index is 1060.